The second-order valence-electron chi connectivity index (χ2n) is 7.24. The van der Waals surface area contributed by atoms with Crippen molar-refractivity contribution < 1.29 is 14.7 Å². The number of hydrogen-bond donors (Lipinski definition) is 2. The summed E-state index contributed by atoms with van der Waals surface area (Å²) >= 11 is 0. The van der Waals surface area contributed by atoms with E-state index < -0.39 is 17.4 Å². The van der Waals surface area contributed by atoms with Crippen LogP contribution in [0.4, 0.5) is 4.79 Å². The highest BCUT2D eigenvalue weighted by Crippen LogP contribution is 2.24. The van der Waals surface area contributed by atoms with Crippen LogP contribution < -0.4 is 5.32 Å². The number of urea groups is 1. The van der Waals surface area contributed by atoms with Crippen molar-refractivity contribution in [2.75, 3.05) is 7.05 Å². The van der Waals surface area contributed by atoms with Crippen molar-refractivity contribution in [2.45, 2.75) is 60.5 Å². The van der Waals surface area contributed by atoms with Gasteiger partial charge in [0, 0.05) is 13.1 Å². The number of carbonyl (C=O) groups excluding carboxylic acids is 1. The topological polar surface area (TPSA) is 69.6 Å². The Hall–Kier alpha value is -1.26. The van der Waals surface area contributed by atoms with Crippen molar-refractivity contribution in [3.8, 4) is 0 Å². The second-order valence-corrected chi connectivity index (χ2v) is 7.24. The molecule has 1 unspecified atom stereocenters. The molecule has 0 heterocycles. The maximum absolute atomic E-state index is 12.1. The average Bonchev–Trinajstić information content (AvgIpc) is 2.19. The van der Waals surface area contributed by atoms with Crippen LogP contribution in [0, 0.1) is 10.8 Å². The van der Waals surface area contributed by atoms with Crippen LogP contribution in [0.25, 0.3) is 0 Å². The molecule has 5 heteroatoms. The predicted octanol–water partition coefficient (Wildman–Crippen LogP) is 2.56. The predicted molar refractivity (Wildman–Crippen MR) is 76.1 cm³/mol. The lowest BCUT2D eigenvalue weighted by atomic mass is 9.86. The Balaban J connectivity index is 4.90. The van der Waals surface area contributed by atoms with Gasteiger partial charge in [-0.1, -0.05) is 41.5 Å². The molecule has 0 saturated heterocycles. The van der Waals surface area contributed by atoms with Gasteiger partial charge in [0.15, 0.2) is 0 Å². The highest BCUT2D eigenvalue weighted by Gasteiger charge is 2.35. The second kappa shape index (κ2) is 5.80. The van der Waals surface area contributed by atoms with E-state index in [1.807, 2.05) is 27.7 Å². The van der Waals surface area contributed by atoms with Crippen LogP contribution >= 0.6 is 0 Å². The Morgan fingerprint density at radius 2 is 1.47 bits per heavy atom. The third-order valence-corrected chi connectivity index (χ3v) is 3.54. The number of nitrogens with zero attached hydrogens (tertiary/aromatic N) is 1. The number of amides is 2. The third-order valence-electron chi connectivity index (χ3n) is 3.54. The largest absolute Gasteiger partial charge is 0.480 e. The maximum Gasteiger partial charge on any atom is 0.326 e. The van der Waals surface area contributed by atoms with Gasteiger partial charge in [0.05, 0.1) is 0 Å². The highest BCUT2D eigenvalue weighted by molar-refractivity contribution is 5.83. The number of carboxylic acids is 1. The summed E-state index contributed by atoms with van der Waals surface area (Å²) in [6, 6.07) is -1.26. The summed E-state index contributed by atoms with van der Waals surface area (Å²) in [6.45, 7) is 13.4. The van der Waals surface area contributed by atoms with Gasteiger partial charge in [0.1, 0.15) is 6.04 Å². The summed E-state index contributed by atoms with van der Waals surface area (Å²) in [5, 5.41) is 11.8. The van der Waals surface area contributed by atoms with Crippen LogP contribution in [0.15, 0.2) is 0 Å². The summed E-state index contributed by atoms with van der Waals surface area (Å²) in [5.41, 5.74) is -0.597. The third kappa shape index (κ3) is 5.09. The zero-order valence-electron chi connectivity index (χ0n) is 13.4. The van der Waals surface area contributed by atoms with Crippen molar-refractivity contribution in [1.82, 2.24) is 10.2 Å². The fourth-order valence-electron chi connectivity index (χ4n) is 1.63. The quantitative estimate of drug-likeness (QED) is 0.829. The van der Waals surface area contributed by atoms with E-state index in [1.165, 1.54) is 0 Å². The molecule has 5 nitrogen and oxygen atoms in total. The van der Waals surface area contributed by atoms with Crippen LogP contribution in [0.2, 0.25) is 0 Å². The lowest BCUT2D eigenvalue weighted by Crippen LogP contribution is -2.55. The molecule has 0 aliphatic heterocycles. The van der Waals surface area contributed by atoms with Gasteiger partial charge in [-0.2, -0.15) is 0 Å². The monoisotopic (exact) mass is 272 g/mol. The number of carbonyl (C=O) groups is 2. The molecule has 0 saturated carbocycles. The van der Waals surface area contributed by atoms with E-state index in [0.29, 0.717) is 0 Å². The first-order valence-corrected chi connectivity index (χ1v) is 6.54. The molecule has 0 aliphatic carbocycles. The SMILES string of the molecule is CC(N(C)C(=O)N[C@H](C(=O)O)C(C)(C)C)C(C)(C)C. The molecule has 2 N–H and O–H groups in total. The maximum atomic E-state index is 12.1. The standard InChI is InChI=1S/C14H28N2O3/c1-9(13(2,3)4)16(8)12(19)15-10(11(17)18)14(5,6)7/h9-10H,1-8H3,(H,15,19)(H,17,18)/t9?,10-/m1/s1. The molecule has 0 bridgehead atoms. The average molecular weight is 272 g/mol. The molecular weight excluding hydrogens is 244 g/mol. The van der Waals surface area contributed by atoms with E-state index in [-0.39, 0.29) is 17.5 Å². The van der Waals surface area contributed by atoms with Crippen LogP contribution in [0.5, 0.6) is 0 Å². The molecular formula is C14H28N2O3. The smallest absolute Gasteiger partial charge is 0.326 e. The molecule has 0 fully saturated rings. The fourth-order valence-corrected chi connectivity index (χ4v) is 1.63. The Bertz CT molecular complexity index is 340. The highest BCUT2D eigenvalue weighted by atomic mass is 16.4. The first-order valence-electron chi connectivity index (χ1n) is 6.54. The molecule has 0 radical (unpaired) electrons. The summed E-state index contributed by atoms with van der Waals surface area (Å²) in [7, 11) is 1.69. The number of aliphatic carboxylic acids is 1. The van der Waals surface area contributed by atoms with Crippen molar-refractivity contribution >= 4 is 12.0 Å². The zero-order chi connectivity index (χ0) is 15.6. The first-order chi connectivity index (χ1) is 8.28. The molecule has 0 spiro atoms. The Morgan fingerprint density at radius 3 is 1.74 bits per heavy atom. The van der Waals surface area contributed by atoms with Crippen LogP contribution in [-0.2, 0) is 4.79 Å². The zero-order valence-corrected chi connectivity index (χ0v) is 13.4. The van der Waals surface area contributed by atoms with E-state index in [1.54, 1.807) is 32.7 Å². The van der Waals surface area contributed by atoms with E-state index in [4.69, 9.17) is 0 Å². The summed E-state index contributed by atoms with van der Waals surface area (Å²) in [4.78, 5) is 24.9. The van der Waals surface area contributed by atoms with E-state index in [9.17, 15) is 14.7 Å². The number of nitrogens with one attached hydrogen (secondary N) is 1. The van der Waals surface area contributed by atoms with Gasteiger partial charge in [-0.15, -0.1) is 0 Å². The summed E-state index contributed by atoms with van der Waals surface area (Å²) in [5.74, 6) is -1.02. The molecule has 0 aromatic carbocycles. The normalized spacial score (nSPS) is 15.6. The minimum absolute atomic E-state index is 0.00177. The molecule has 112 valence electrons. The minimum atomic E-state index is -1.02. The fraction of sp³-hybridized carbons (Fsp3) is 0.857. The molecule has 2 atom stereocenters. The van der Waals surface area contributed by atoms with Crippen LogP contribution in [-0.4, -0.2) is 41.1 Å². The lowest BCUT2D eigenvalue weighted by Gasteiger charge is -2.37. The summed E-state index contributed by atoms with van der Waals surface area (Å²) < 4.78 is 0. The van der Waals surface area contributed by atoms with Gasteiger partial charge in [0.2, 0.25) is 0 Å². The van der Waals surface area contributed by atoms with Gasteiger partial charge in [0.25, 0.3) is 0 Å². The van der Waals surface area contributed by atoms with Gasteiger partial charge in [-0.05, 0) is 17.8 Å². The van der Waals surface area contributed by atoms with Gasteiger partial charge >= 0.3 is 12.0 Å². The van der Waals surface area contributed by atoms with E-state index in [0.717, 1.165) is 0 Å². The van der Waals surface area contributed by atoms with Crippen LogP contribution in [0.1, 0.15) is 48.5 Å². The van der Waals surface area contributed by atoms with Crippen LogP contribution in [0.3, 0.4) is 0 Å². The Morgan fingerprint density at radius 1 is 1.05 bits per heavy atom. The van der Waals surface area contributed by atoms with E-state index >= 15 is 0 Å². The Labute approximate surface area is 116 Å². The molecule has 0 rings (SSSR count). The number of rotatable bonds is 3. The first kappa shape index (κ1) is 17.7. The number of carboxylic acid groups (broad SMARTS) is 1. The Kier molecular flexibility index (Phi) is 5.42. The van der Waals surface area contributed by atoms with Gasteiger partial charge in [-0.3, -0.25) is 0 Å². The van der Waals surface area contributed by atoms with Crippen molar-refractivity contribution in [3.63, 3.8) is 0 Å². The molecule has 0 aliphatic rings. The van der Waals surface area contributed by atoms with Crippen molar-refractivity contribution in [3.05, 3.63) is 0 Å². The molecule has 2 amide bonds. The van der Waals surface area contributed by atoms with Crippen molar-refractivity contribution in [1.29, 1.82) is 0 Å². The number of hydrogen-bond acceptors (Lipinski definition) is 2. The van der Waals surface area contributed by atoms with E-state index in [2.05, 4.69) is 5.32 Å². The molecule has 19 heavy (non-hydrogen) atoms. The molecule has 0 aromatic heterocycles. The minimum Gasteiger partial charge on any atom is -0.480 e. The van der Waals surface area contributed by atoms with Gasteiger partial charge in [-0.25, -0.2) is 9.59 Å². The lowest BCUT2D eigenvalue weighted by molar-refractivity contribution is -0.142. The molecule has 0 aromatic rings. The van der Waals surface area contributed by atoms with Crippen molar-refractivity contribution in [2.24, 2.45) is 10.8 Å². The van der Waals surface area contributed by atoms with Gasteiger partial charge < -0.3 is 15.3 Å². The summed E-state index contributed by atoms with van der Waals surface area (Å²) in [6.07, 6.45) is 0.